The molecule has 0 radical (unpaired) electrons. The molecular weight excluding hydrogens is 369 g/mol. The van der Waals surface area contributed by atoms with Gasteiger partial charge in [0.1, 0.15) is 0 Å². The lowest BCUT2D eigenvalue weighted by Crippen LogP contribution is -2.50. The molecule has 2 saturated heterocycles. The first-order valence-electron chi connectivity index (χ1n) is 9.76. The molecule has 2 heterocycles. The Morgan fingerprint density at radius 3 is 2.64 bits per heavy atom. The number of hydrogen-bond acceptors (Lipinski definition) is 3. The number of ether oxygens (including phenoxy) is 1. The van der Waals surface area contributed by atoms with E-state index in [-0.39, 0.29) is 24.2 Å². The number of carbonyl (C=O) groups excluding carboxylic acids is 1. The Morgan fingerprint density at radius 1 is 1.25 bits per heavy atom. The van der Waals surface area contributed by atoms with E-state index >= 15 is 0 Å². The molecule has 2 fully saturated rings. The van der Waals surface area contributed by atoms with Crippen molar-refractivity contribution in [2.24, 2.45) is 0 Å². The molecule has 7 heteroatoms. The maximum absolute atomic E-state index is 12.8. The Morgan fingerprint density at radius 2 is 1.96 bits per heavy atom. The van der Waals surface area contributed by atoms with Gasteiger partial charge in [-0.2, -0.15) is 13.2 Å². The number of benzene rings is 1. The fourth-order valence-corrected chi connectivity index (χ4v) is 4.13. The van der Waals surface area contributed by atoms with Crippen molar-refractivity contribution in [2.45, 2.75) is 51.1 Å². The van der Waals surface area contributed by atoms with Gasteiger partial charge in [0.25, 0.3) is 0 Å². The second kappa shape index (κ2) is 8.66. The van der Waals surface area contributed by atoms with Crippen LogP contribution < -0.4 is 0 Å². The molecule has 4 nitrogen and oxygen atoms in total. The summed E-state index contributed by atoms with van der Waals surface area (Å²) in [6.07, 6.45) is 0.710. The molecule has 0 aliphatic carbocycles. The van der Waals surface area contributed by atoms with Crippen LogP contribution in [0.4, 0.5) is 13.2 Å². The number of hydrogen-bond donors (Lipinski definition) is 0. The standard InChI is InChI=1S/C21H27F3N2O2/c1-15-12-25(13-16(2)28-15)14-19-7-4-10-26(19)20(27)9-8-17-5-3-6-18(11-17)21(22,23)24/h3,5-6,8-9,11,15-16,19H,4,7,10,12-14H2,1-2H3/b9-8+/t15-,16-,19+/m1/s1. The fourth-order valence-electron chi connectivity index (χ4n) is 4.13. The molecule has 2 aliphatic heterocycles. The Kier molecular flexibility index (Phi) is 6.45. The van der Waals surface area contributed by atoms with Gasteiger partial charge >= 0.3 is 6.18 Å². The van der Waals surface area contributed by atoms with E-state index in [9.17, 15) is 18.0 Å². The van der Waals surface area contributed by atoms with Crippen LogP contribution in [0.3, 0.4) is 0 Å². The molecule has 3 rings (SSSR count). The molecular formula is C21H27F3N2O2. The monoisotopic (exact) mass is 396 g/mol. The van der Waals surface area contributed by atoms with Gasteiger partial charge in [-0.15, -0.1) is 0 Å². The SMILES string of the molecule is C[C@@H]1CN(C[C@@H]2CCCN2C(=O)/C=C/c2cccc(C(F)(F)F)c2)C[C@@H](C)O1. The molecule has 2 aliphatic rings. The van der Waals surface area contributed by atoms with Gasteiger partial charge in [-0.3, -0.25) is 9.69 Å². The van der Waals surface area contributed by atoms with Crippen molar-refractivity contribution in [3.63, 3.8) is 0 Å². The molecule has 3 atom stereocenters. The van der Waals surface area contributed by atoms with Gasteiger partial charge < -0.3 is 9.64 Å². The molecule has 0 N–H and O–H groups in total. The molecule has 1 aromatic carbocycles. The highest BCUT2D eigenvalue weighted by Crippen LogP contribution is 2.30. The minimum atomic E-state index is -4.39. The predicted molar refractivity (Wildman–Crippen MR) is 102 cm³/mol. The van der Waals surface area contributed by atoms with Crippen LogP contribution in [0.5, 0.6) is 0 Å². The van der Waals surface area contributed by atoms with Crippen molar-refractivity contribution in [1.29, 1.82) is 0 Å². The summed E-state index contributed by atoms with van der Waals surface area (Å²) in [6.45, 7) is 7.30. The number of alkyl halides is 3. The summed E-state index contributed by atoms with van der Waals surface area (Å²) in [4.78, 5) is 16.8. The summed E-state index contributed by atoms with van der Waals surface area (Å²) in [5.74, 6) is -0.144. The van der Waals surface area contributed by atoms with Gasteiger partial charge in [0.2, 0.25) is 5.91 Å². The van der Waals surface area contributed by atoms with Crippen molar-refractivity contribution >= 4 is 12.0 Å². The van der Waals surface area contributed by atoms with Gasteiger partial charge in [-0.1, -0.05) is 12.1 Å². The zero-order valence-corrected chi connectivity index (χ0v) is 16.3. The molecule has 0 bridgehead atoms. The van der Waals surface area contributed by atoms with Crippen molar-refractivity contribution in [1.82, 2.24) is 9.80 Å². The van der Waals surface area contributed by atoms with Crippen LogP contribution in [0.15, 0.2) is 30.3 Å². The predicted octanol–water partition coefficient (Wildman–Crippen LogP) is 3.82. The number of carbonyl (C=O) groups is 1. The molecule has 0 aromatic heterocycles. The van der Waals surface area contributed by atoms with E-state index in [1.807, 2.05) is 4.90 Å². The second-order valence-corrected chi connectivity index (χ2v) is 7.76. The molecule has 1 amide bonds. The minimum absolute atomic E-state index is 0.135. The topological polar surface area (TPSA) is 32.8 Å². The van der Waals surface area contributed by atoms with Gasteiger partial charge in [-0.25, -0.2) is 0 Å². The van der Waals surface area contributed by atoms with E-state index in [1.54, 1.807) is 6.07 Å². The average molecular weight is 396 g/mol. The van der Waals surface area contributed by atoms with Crippen LogP contribution in [0.1, 0.15) is 37.8 Å². The van der Waals surface area contributed by atoms with Crippen LogP contribution in [0, 0.1) is 0 Å². The number of nitrogens with zero attached hydrogens (tertiary/aromatic N) is 2. The Hall–Kier alpha value is -1.86. The van der Waals surface area contributed by atoms with Crippen LogP contribution in [0.2, 0.25) is 0 Å². The fraction of sp³-hybridized carbons (Fsp3) is 0.571. The molecule has 154 valence electrons. The van der Waals surface area contributed by atoms with Crippen molar-refractivity contribution in [3.05, 3.63) is 41.5 Å². The van der Waals surface area contributed by atoms with E-state index in [0.29, 0.717) is 12.1 Å². The maximum Gasteiger partial charge on any atom is 0.416 e. The summed E-state index contributed by atoms with van der Waals surface area (Å²) in [5, 5.41) is 0. The smallest absolute Gasteiger partial charge is 0.373 e. The number of rotatable bonds is 4. The number of likely N-dealkylation sites (tertiary alicyclic amines) is 1. The minimum Gasteiger partial charge on any atom is -0.373 e. The summed E-state index contributed by atoms with van der Waals surface area (Å²) in [5.41, 5.74) is -0.341. The first-order valence-corrected chi connectivity index (χ1v) is 9.76. The van der Waals surface area contributed by atoms with Crippen LogP contribution in [-0.4, -0.2) is 60.1 Å². The highest BCUT2D eigenvalue weighted by molar-refractivity contribution is 5.92. The number of halogens is 3. The zero-order valence-electron chi connectivity index (χ0n) is 16.3. The van der Waals surface area contributed by atoms with E-state index in [1.165, 1.54) is 18.2 Å². The second-order valence-electron chi connectivity index (χ2n) is 7.76. The molecule has 0 spiro atoms. The van der Waals surface area contributed by atoms with Crippen LogP contribution in [-0.2, 0) is 15.7 Å². The highest BCUT2D eigenvalue weighted by Gasteiger charge is 2.32. The summed E-state index contributed by atoms with van der Waals surface area (Å²) in [7, 11) is 0. The van der Waals surface area contributed by atoms with E-state index in [2.05, 4.69) is 18.7 Å². The lowest BCUT2D eigenvalue weighted by Gasteiger charge is -2.38. The van der Waals surface area contributed by atoms with Crippen molar-refractivity contribution < 1.29 is 22.7 Å². The van der Waals surface area contributed by atoms with Crippen molar-refractivity contribution in [3.8, 4) is 0 Å². The number of morpholine rings is 1. The molecule has 0 unspecified atom stereocenters. The summed E-state index contributed by atoms with van der Waals surface area (Å²) >= 11 is 0. The third-order valence-electron chi connectivity index (χ3n) is 5.26. The van der Waals surface area contributed by atoms with E-state index in [0.717, 1.165) is 44.6 Å². The Bertz CT molecular complexity index is 710. The average Bonchev–Trinajstić information content (AvgIpc) is 3.06. The Balaban J connectivity index is 1.62. The summed E-state index contributed by atoms with van der Waals surface area (Å²) < 4.78 is 44.2. The largest absolute Gasteiger partial charge is 0.416 e. The van der Waals surface area contributed by atoms with Gasteiger partial charge in [0.15, 0.2) is 0 Å². The van der Waals surface area contributed by atoms with E-state index in [4.69, 9.17) is 4.74 Å². The number of amides is 1. The normalized spacial score (nSPS) is 26.9. The lowest BCUT2D eigenvalue weighted by molar-refractivity contribution is -0.137. The molecule has 28 heavy (non-hydrogen) atoms. The maximum atomic E-state index is 12.8. The summed E-state index contributed by atoms with van der Waals surface area (Å²) in [6, 6.07) is 5.14. The molecule has 0 saturated carbocycles. The van der Waals surface area contributed by atoms with Crippen LogP contribution >= 0.6 is 0 Å². The first kappa shape index (κ1) is 20.9. The van der Waals surface area contributed by atoms with Gasteiger partial charge in [0.05, 0.1) is 17.8 Å². The molecule has 1 aromatic rings. The van der Waals surface area contributed by atoms with Gasteiger partial charge in [-0.05, 0) is 50.5 Å². The van der Waals surface area contributed by atoms with E-state index < -0.39 is 11.7 Å². The Labute approximate surface area is 163 Å². The quantitative estimate of drug-likeness (QED) is 0.726. The third-order valence-corrected chi connectivity index (χ3v) is 5.26. The van der Waals surface area contributed by atoms with Gasteiger partial charge in [0, 0.05) is 38.3 Å². The zero-order chi connectivity index (χ0) is 20.3. The first-order chi connectivity index (χ1) is 13.2. The van der Waals surface area contributed by atoms with Crippen molar-refractivity contribution in [2.75, 3.05) is 26.2 Å². The third kappa shape index (κ3) is 5.35. The van der Waals surface area contributed by atoms with Crippen LogP contribution in [0.25, 0.3) is 6.08 Å². The highest BCUT2D eigenvalue weighted by atomic mass is 19.4. The lowest BCUT2D eigenvalue weighted by atomic mass is 10.1.